The van der Waals surface area contributed by atoms with Gasteiger partial charge in [0.05, 0.1) is 16.5 Å². The fraction of sp³-hybridized carbons (Fsp3) is 0.0204. The summed E-state index contributed by atoms with van der Waals surface area (Å²) < 4.78 is 8.90. The smallest absolute Gasteiger partial charge is 0.137 e. The highest BCUT2D eigenvalue weighted by Crippen LogP contribution is 2.58. The Morgan fingerprint density at radius 3 is 1.85 bits per heavy atom. The van der Waals surface area contributed by atoms with E-state index in [1.165, 1.54) is 53.6 Å². The molecule has 0 aliphatic heterocycles. The van der Waals surface area contributed by atoms with Crippen LogP contribution in [-0.2, 0) is 5.41 Å². The van der Waals surface area contributed by atoms with Crippen LogP contribution in [0, 0.1) is 0 Å². The van der Waals surface area contributed by atoms with Crippen LogP contribution in [0.25, 0.3) is 53.2 Å². The van der Waals surface area contributed by atoms with E-state index in [2.05, 4.69) is 187 Å². The van der Waals surface area contributed by atoms with Crippen LogP contribution < -0.4 is 4.90 Å². The first-order valence-corrected chi connectivity index (χ1v) is 18.6. The molecule has 0 atom stereocenters. The monoisotopic (exact) mass is 681 g/mol. The summed E-state index contributed by atoms with van der Waals surface area (Å²) in [4.78, 5) is 2.38. The molecule has 0 saturated heterocycles. The highest BCUT2D eigenvalue weighted by atomic mass is 32.1. The Hall–Kier alpha value is -6.42. The normalized spacial score (nSPS) is 13.2. The summed E-state index contributed by atoms with van der Waals surface area (Å²) in [5.41, 5.74) is 12.5. The highest BCUT2D eigenvalue weighted by molar-refractivity contribution is 7.25. The molecule has 52 heavy (non-hydrogen) atoms. The Kier molecular flexibility index (Phi) is 6.37. The fourth-order valence-electron chi connectivity index (χ4n) is 8.89. The van der Waals surface area contributed by atoms with Crippen molar-refractivity contribution < 1.29 is 4.42 Å². The molecule has 8 aromatic carbocycles. The Labute approximate surface area is 305 Å². The second-order valence-corrected chi connectivity index (χ2v) is 14.7. The van der Waals surface area contributed by atoms with Crippen LogP contribution >= 0.6 is 11.3 Å². The molecular weight excluding hydrogens is 651 g/mol. The number of benzene rings is 8. The van der Waals surface area contributed by atoms with Gasteiger partial charge >= 0.3 is 0 Å². The summed E-state index contributed by atoms with van der Waals surface area (Å²) in [5, 5.41) is 4.82. The molecule has 1 aliphatic carbocycles. The SMILES string of the molecule is c1ccc(N(c2ccc3c(c2)sc2cccc(C4(c5ccccc5)c5ccccc5-c5ccccc54)c23)c2cccc3oc4ccccc4c23)cc1. The summed E-state index contributed by atoms with van der Waals surface area (Å²) in [7, 11) is 0. The maximum Gasteiger partial charge on any atom is 0.137 e. The van der Waals surface area contributed by atoms with Crippen LogP contribution in [0.2, 0.25) is 0 Å². The van der Waals surface area contributed by atoms with E-state index in [1.54, 1.807) is 0 Å². The largest absolute Gasteiger partial charge is 0.456 e. The molecule has 2 aromatic heterocycles. The maximum absolute atomic E-state index is 6.36. The van der Waals surface area contributed by atoms with Gasteiger partial charge in [0.15, 0.2) is 0 Å². The summed E-state index contributed by atoms with van der Waals surface area (Å²) >= 11 is 1.88. The summed E-state index contributed by atoms with van der Waals surface area (Å²) in [6.07, 6.45) is 0. The topological polar surface area (TPSA) is 16.4 Å². The number of hydrogen-bond acceptors (Lipinski definition) is 3. The number of nitrogens with zero attached hydrogens (tertiary/aromatic N) is 1. The van der Waals surface area contributed by atoms with Crippen molar-refractivity contribution in [3.63, 3.8) is 0 Å². The van der Waals surface area contributed by atoms with Crippen LogP contribution in [0.1, 0.15) is 22.3 Å². The molecular formula is C49H31NOS. The van der Waals surface area contributed by atoms with Gasteiger partial charge < -0.3 is 9.32 Å². The summed E-state index contributed by atoms with van der Waals surface area (Å²) in [5.74, 6) is 0. The number of furan rings is 1. The molecule has 0 N–H and O–H groups in total. The average Bonchev–Trinajstić information content (AvgIpc) is 3.87. The molecule has 10 aromatic rings. The third-order valence-electron chi connectivity index (χ3n) is 10.9. The molecule has 0 radical (unpaired) electrons. The lowest BCUT2D eigenvalue weighted by molar-refractivity contribution is 0.669. The number of rotatable bonds is 5. The molecule has 2 heterocycles. The minimum atomic E-state index is -0.464. The standard InChI is InChI=1S/C49H31NOS/c1-3-15-32(16-4-1)49(39-22-10-7-19-35(39)36-20-8-11-23-40(36)49)41-24-13-28-45-47(41)38-30-29-34(31-46(38)52-45)50(33-17-5-2-6-18-33)42-25-14-27-44-48(42)37-21-9-12-26-43(37)51-44/h1-31H. The Bertz CT molecular complexity index is 2930. The third kappa shape index (κ3) is 4.06. The maximum atomic E-state index is 6.36. The van der Waals surface area contributed by atoms with Crippen LogP contribution in [0.15, 0.2) is 192 Å². The lowest BCUT2D eigenvalue weighted by Crippen LogP contribution is -2.28. The van der Waals surface area contributed by atoms with Crippen molar-refractivity contribution in [2.24, 2.45) is 0 Å². The van der Waals surface area contributed by atoms with Gasteiger partial charge in [0.2, 0.25) is 0 Å². The molecule has 2 nitrogen and oxygen atoms in total. The van der Waals surface area contributed by atoms with Gasteiger partial charge in [-0.3, -0.25) is 0 Å². The Morgan fingerprint density at radius 1 is 0.423 bits per heavy atom. The highest BCUT2D eigenvalue weighted by Gasteiger charge is 2.47. The van der Waals surface area contributed by atoms with E-state index >= 15 is 0 Å². The quantitative estimate of drug-likeness (QED) is 0.180. The number of hydrogen-bond donors (Lipinski definition) is 0. The average molecular weight is 682 g/mol. The van der Waals surface area contributed by atoms with Crippen LogP contribution in [0.5, 0.6) is 0 Å². The van der Waals surface area contributed by atoms with E-state index in [1.807, 2.05) is 17.4 Å². The van der Waals surface area contributed by atoms with E-state index in [9.17, 15) is 0 Å². The minimum absolute atomic E-state index is 0.464. The molecule has 11 rings (SSSR count). The number of fused-ring (bicyclic) bond motifs is 9. The van der Waals surface area contributed by atoms with Gasteiger partial charge in [0.1, 0.15) is 11.2 Å². The molecule has 3 heteroatoms. The Morgan fingerprint density at radius 2 is 1.06 bits per heavy atom. The van der Waals surface area contributed by atoms with E-state index in [0.29, 0.717) is 0 Å². The first-order valence-electron chi connectivity index (χ1n) is 17.8. The zero-order valence-corrected chi connectivity index (χ0v) is 29.0. The molecule has 0 amide bonds. The minimum Gasteiger partial charge on any atom is -0.456 e. The zero-order valence-electron chi connectivity index (χ0n) is 28.2. The van der Waals surface area contributed by atoms with Gasteiger partial charge in [-0.25, -0.2) is 0 Å². The van der Waals surface area contributed by atoms with E-state index < -0.39 is 5.41 Å². The first kappa shape index (κ1) is 29.3. The van der Waals surface area contributed by atoms with Gasteiger partial charge in [-0.1, -0.05) is 140 Å². The summed E-state index contributed by atoms with van der Waals surface area (Å²) in [6, 6.07) is 68.4. The fourth-order valence-corrected chi connectivity index (χ4v) is 10.1. The molecule has 1 aliphatic rings. The summed E-state index contributed by atoms with van der Waals surface area (Å²) in [6.45, 7) is 0. The lowest BCUT2D eigenvalue weighted by Gasteiger charge is -2.34. The second-order valence-electron chi connectivity index (χ2n) is 13.6. The van der Waals surface area contributed by atoms with Gasteiger partial charge in [0, 0.05) is 36.9 Å². The number of thiophene rings is 1. The van der Waals surface area contributed by atoms with Crippen molar-refractivity contribution in [1.29, 1.82) is 0 Å². The van der Waals surface area contributed by atoms with Crippen molar-refractivity contribution >= 4 is 70.5 Å². The van der Waals surface area contributed by atoms with Crippen molar-refractivity contribution in [2.45, 2.75) is 5.41 Å². The van der Waals surface area contributed by atoms with Gasteiger partial charge in [-0.05, 0) is 81.9 Å². The van der Waals surface area contributed by atoms with Crippen molar-refractivity contribution in [3.8, 4) is 11.1 Å². The zero-order chi connectivity index (χ0) is 34.2. The van der Waals surface area contributed by atoms with Crippen molar-refractivity contribution in [3.05, 3.63) is 210 Å². The predicted octanol–water partition coefficient (Wildman–Crippen LogP) is 13.8. The second kappa shape index (κ2) is 11.3. The molecule has 0 fully saturated rings. The molecule has 244 valence electrons. The van der Waals surface area contributed by atoms with Crippen molar-refractivity contribution in [2.75, 3.05) is 4.90 Å². The third-order valence-corrected chi connectivity index (χ3v) is 12.1. The van der Waals surface area contributed by atoms with Gasteiger partial charge in [0.25, 0.3) is 0 Å². The molecule has 0 unspecified atom stereocenters. The van der Waals surface area contributed by atoms with Crippen molar-refractivity contribution in [1.82, 2.24) is 0 Å². The van der Waals surface area contributed by atoms with Crippen LogP contribution in [0.4, 0.5) is 17.1 Å². The molecule has 0 spiro atoms. The van der Waals surface area contributed by atoms with E-state index in [4.69, 9.17) is 4.42 Å². The number of para-hydroxylation sites is 2. The predicted molar refractivity (Wildman–Crippen MR) is 219 cm³/mol. The first-order chi connectivity index (χ1) is 25.8. The lowest BCUT2D eigenvalue weighted by atomic mass is 9.66. The van der Waals surface area contributed by atoms with Gasteiger partial charge in [-0.15, -0.1) is 11.3 Å². The van der Waals surface area contributed by atoms with E-state index in [0.717, 1.165) is 39.0 Å². The molecule has 0 saturated carbocycles. The van der Waals surface area contributed by atoms with E-state index in [-0.39, 0.29) is 0 Å². The van der Waals surface area contributed by atoms with Gasteiger partial charge in [-0.2, -0.15) is 0 Å². The Balaban J connectivity index is 1.18. The molecule has 0 bridgehead atoms. The van der Waals surface area contributed by atoms with Crippen LogP contribution in [0.3, 0.4) is 0 Å². The number of anilines is 3. The van der Waals surface area contributed by atoms with Crippen LogP contribution in [-0.4, -0.2) is 0 Å².